The van der Waals surface area contributed by atoms with Gasteiger partial charge in [0.05, 0.1) is 0 Å². The van der Waals surface area contributed by atoms with Crippen LogP contribution in [-0.4, -0.2) is 18.9 Å². The van der Waals surface area contributed by atoms with Crippen LogP contribution in [0.1, 0.15) is 23.2 Å². The van der Waals surface area contributed by atoms with Crippen LogP contribution in [0, 0.1) is 5.92 Å². The van der Waals surface area contributed by atoms with Crippen molar-refractivity contribution in [3.8, 4) is 0 Å². The molecule has 1 N–H and O–H groups in total. The highest BCUT2D eigenvalue weighted by atomic mass is 35.5. The first-order valence-electron chi connectivity index (χ1n) is 4.65. The Bertz CT molecular complexity index is 280. The average molecular weight is 232 g/mol. The third-order valence-electron chi connectivity index (χ3n) is 2.52. The van der Waals surface area contributed by atoms with E-state index in [1.54, 1.807) is 11.3 Å². The third-order valence-corrected chi connectivity index (χ3v) is 3.20. The quantitative estimate of drug-likeness (QED) is 0.792. The zero-order chi connectivity index (χ0) is 9.10. The number of halogens is 1. The fraction of sp³-hybridized carbons (Fsp3) is 0.500. The monoisotopic (exact) mass is 231 g/mol. The van der Waals surface area contributed by atoms with Crippen LogP contribution in [0.3, 0.4) is 0 Å². The number of carbonyl (C=O) groups excluding carboxylic acids is 1. The molecule has 0 radical (unpaired) electrons. The summed E-state index contributed by atoms with van der Waals surface area (Å²) in [5.41, 5.74) is 0.900. The van der Waals surface area contributed by atoms with Crippen molar-refractivity contribution in [2.45, 2.75) is 12.8 Å². The summed E-state index contributed by atoms with van der Waals surface area (Å²) in [6.07, 6.45) is 1.99. The SMILES string of the molecule is Cl.O=C(c1ccsc1)C1CCNCC1. The summed E-state index contributed by atoms with van der Waals surface area (Å²) in [6, 6.07) is 1.93. The maximum atomic E-state index is 11.8. The Kier molecular flexibility index (Phi) is 4.58. The van der Waals surface area contributed by atoms with Gasteiger partial charge in [0.25, 0.3) is 0 Å². The van der Waals surface area contributed by atoms with Crippen LogP contribution >= 0.6 is 23.7 Å². The van der Waals surface area contributed by atoms with E-state index in [1.807, 2.05) is 16.8 Å². The molecule has 2 nitrogen and oxygen atoms in total. The molecular formula is C10H14ClNOS. The largest absolute Gasteiger partial charge is 0.317 e. The first-order chi connectivity index (χ1) is 6.38. The van der Waals surface area contributed by atoms with Crippen molar-refractivity contribution in [1.29, 1.82) is 0 Å². The van der Waals surface area contributed by atoms with Crippen LogP contribution in [0.5, 0.6) is 0 Å². The van der Waals surface area contributed by atoms with Crippen LogP contribution in [0.15, 0.2) is 16.8 Å². The maximum Gasteiger partial charge on any atom is 0.166 e. The number of hydrogen-bond donors (Lipinski definition) is 1. The van der Waals surface area contributed by atoms with Gasteiger partial charge in [0, 0.05) is 16.9 Å². The van der Waals surface area contributed by atoms with Crippen molar-refractivity contribution in [2.24, 2.45) is 5.92 Å². The highest BCUT2D eigenvalue weighted by Gasteiger charge is 2.21. The van der Waals surface area contributed by atoms with Gasteiger partial charge in [-0.3, -0.25) is 4.79 Å². The third kappa shape index (κ3) is 2.56. The number of piperidine rings is 1. The molecule has 0 bridgehead atoms. The van der Waals surface area contributed by atoms with E-state index in [0.29, 0.717) is 5.78 Å². The first-order valence-corrected chi connectivity index (χ1v) is 5.59. The van der Waals surface area contributed by atoms with Gasteiger partial charge in [0.2, 0.25) is 0 Å². The molecule has 0 aromatic carbocycles. The van der Waals surface area contributed by atoms with Gasteiger partial charge in [0.1, 0.15) is 0 Å². The summed E-state index contributed by atoms with van der Waals surface area (Å²) in [5, 5.41) is 7.18. The van der Waals surface area contributed by atoms with Crippen LogP contribution in [-0.2, 0) is 0 Å². The van der Waals surface area contributed by atoms with Crippen molar-refractivity contribution in [3.63, 3.8) is 0 Å². The molecule has 0 aliphatic carbocycles. The fourth-order valence-electron chi connectivity index (χ4n) is 1.72. The van der Waals surface area contributed by atoms with Crippen molar-refractivity contribution in [2.75, 3.05) is 13.1 Å². The number of ketones is 1. The van der Waals surface area contributed by atoms with E-state index in [0.717, 1.165) is 31.5 Å². The van der Waals surface area contributed by atoms with E-state index >= 15 is 0 Å². The van der Waals surface area contributed by atoms with Crippen LogP contribution in [0.2, 0.25) is 0 Å². The van der Waals surface area contributed by atoms with Gasteiger partial charge in [0.15, 0.2) is 5.78 Å². The molecule has 4 heteroatoms. The molecule has 1 aromatic heterocycles. The molecule has 78 valence electrons. The lowest BCUT2D eigenvalue weighted by atomic mass is 9.91. The molecule has 0 spiro atoms. The van der Waals surface area contributed by atoms with Crippen LogP contribution in [0.4, 0.5) is 0 Å². The Hall–Kier alpha value is -0.380. The number of nitrogens with one attached hydrogen (secondary N) is 1. The topological polar surface area (TPSA) is 29.1 Å². The van der Waals surface area contributed by atoms with Gasteiger partial charge >= 0.3 is 0 Å². The Morgan fingerprint density at radius 2 is 2.14 bits per heavy atom. The van der Waals surface area contributed by atoms with Crippen LogP contribution < -0.4 is 5.32 Å². The van der Waals surface area contributed by atoms with Crippen molar-refractivity contribution < 1.29 is 4.79 Å². The molecular weight excluding hydrogens is 218 g/mol. The summed E-state index contributed by atoms with van der Waals surface area (Å²) in [5.74, 6) is 0.596. The summed E-state index contributed by atoms with van der Waals surface area (Å²) in [7, 11) is 0. The first kappa shape index (κ1) is 11.7. The highest BCUT2D eigenvalue weighted by molar-refractivity contribution is 7.08. The van der Waals surface area contributed by atoms with Crippen molar-refractivity contribution in [3.05, 3.63) is 22.4 Å². The zero-order valence-corrected chi connectivity index (χ0v) is 9.50. The average Bonchev–Trinajstić information content (AvgIpc) is 2.71. The normalized spacial score (nSPS) is 17.4. The Morgan fingerprint density at radius 1 is 1.43 bits per heavy atom. The number of carbonyl (C=O) groups is 1. The van der Waals surface area contributed by atoms with Crippen molar-refractivity contribution in [1.82, 2.24) is 5.32 Å². The van der Waals surface area contributed by atoms with Gasteiger partial charge in [-0.05, 0) is 37.4 Å². The molecule has 1 aliphatic heterocycles. The lowest BCUT2D eigenvalue weighted by molar-refractivity contribution is 0.0895. The van der Waals surface area contributed by atoms with Gasteiger partial charge in [-0.25, -0.2) is 0 Å². The molecule has 0 unspecified atom stereocenters. The molecule has 1 saturated heterocycles. The summed E-state index contributed by atoms with van der Waals surface area (Å²) < 4.78 is 0. The molecule has 2 heterocycles. The van der Waals surface area contributed by atoms with Gasteiger partial charge in [-0.15, -0.1) is 12.4 Å². The summed E-state index contributed by atoms with van der Waals surface area (Å²) in [4.78, 5) is 11.8. The second kappa shape index (κ2) is 5.49. The number of Topliss-reactive ketones (excluding diaryl/α,β-unsaturated/α-hetero) is 1. The number of hydrogen-bond acceptors (Lipinski definition) is 3. The molecule has 2 rings (SSSR count). The molecule has 1 aromatic rings. The number of thiophene rings is 1. The second-order valence-corrected chi connectivity index (χ2v) is 4.18. The van der Waals surface area contributed by atoms with Gasteiger partial charge in [-0.1, -0.05) is 0 Å². The fourth-order valence-corrected chi connectivity index (χ4v) is 2.37. The lowest BCUT2D eigenvalue weighted by Gasteiger charge is -2.20. The predicted molar refractivity (Wildman–Crippen MR) is 61.5 cm³/mol. The summed E-state index contributed by atoms with van der Waals surface area (Å²) >= 11 is 1.60. The minimum Gasteiger partial charge on any atom is -0.317 e. The smallest absolute Gasteiger partial charge is 0.166 e. The molecule has 1 aliphatic rings. The Morgan fingerprint density at radius 3 is 2.71 bits per heavy atom. The summed E-state index contributed by atoms with van der Waals surface area (Å²) in [6.45, 7) is 1.97. The van der Waals surface area contributed by atoms with Crippen LogP contribution in [0.25, 0.3) is 0 Å². The molecule has 14 heavy (non-hydrogen) atoms. The minimum absolute atomic E-state index is 0. The van der Waals surface area contributed by atoms with Crippen molar-refractivity contribution >= 4 is 29.5 Å². The predicted octanol–water partition coefficient (Wildman–Crippen LogP) is 2.35. The van der Waals surface area contributed by atoms with E-state index in [1.165, 1.54) is 0 Å². The molecule has 0 saturated carbocycles. The Labute approximate surface area is 94.1 Å². The van der Waals surface area contributed by atoms with E-state index < -0.39 is 0 Å². The zero-order valence-electron chi connectivity index (χ0n) is 7.86. The minimum atomic E-state index is 0. The Balaban J connectivity index is 0.000000980. The van der Waals surface area contributed by atoms with E-state index in [9.17, 15) is 4.79 Å². The van der Waals surface area contributed by atoms with E-state index in [4.69, 9.17) is 0 Å². The van der Waals surface area contributed by atoms with E-state index in [2.05, 4.69) is 5.32 Å². The molecule has 1 fully saturated rings. The van der Waals surface area contributed by atoms with E-state index in [-0.39, 0.29) is 18.3 Å². The molecule has 0 amide bonds. The van der Waals surface area contributed by atoms with Gasteiger partial charge in [-0.2, -0.15) is 11.3 Å². The van der Waals surface area contributed by atoms with Gasteiger partial charge < -0.3 is 5.32 Å². The second-order valence-electron chi connectivity index (χ2n) is 3.40. The number of rotatable bonds is 2. The highest BCUT2D eigenvalue weighted by Crippen LogP contribution is 2.19. The standard InChI is InChI=1S/C10H13NOS.ClH/c12-10(9-3-6-13-7-9)8-1-4-11-5-2-8;/h3,6-8,11H,1-2,4-5H2;1H. The molecule has 0 atom stereocenters. The maximum absolute atomic E-state index is 11.8. The lowest BCUT2D eigenvalue weighted by Crippen LogP contribution is -2.31.